The number of methoxy groups -OCH3 is 1. The molecule has 3 nitrogen and oxygen atoms in total. The molecule has 1 aromatic carbocycles. The van der Waals surface area contributed by atoms with Crippen LogP contribution in [0.15, 0.2) is 24.3 Å². The van der Waals surface area contributed by atoms with Crippen molar-refractivity contribution in [1.29, 1.82) is 0 Å². The van der Waals surface area contributed by atoms with Crippen LogP contribution in [0.2, 0.25) is 0 Å². The predicted molar refractivity (Wildman–Crippen MR) is 71.7 cm³/mol. The van der Waals surface area contributed by atoms with Crippen molar-refractivity contribution in [2.24, 2.45) is 0 Å². The van der Waals surface area contributed by atoms with E-state index in [0.29, 0.717) is 13.2 Å². The molecule has 1 unspecified atom stereocenters. The number of rotatable bonds is 5. The molecular formula is C15H20O3. The number of hydrogen-bond acceptors (Lipinski definition) is 3. The Morgan fingerprint density at radius 1 is 1.22 bits per heavy atom. The van der Waals surface area contributed by atoms with Gasteiger partial charge in [-0.05, 0) is 43.2 Å². The lowest BCUT2D eigenvalue weighted by molar-refractivity contribution is -0.184. The van der Waals surface area contributed by atoms with Crippen molar-refractivity contribution >= 4 is 6.08 Å². The first-order valence-corrected chi connectivity index (χ1v) is 6.37. The Morgan fingerprint density at radius 2 is 2.06 bits per heavy atom. The van der Waals surface area contributed by atoms with Gasteiger partial charge in [-0.25, -0.2) is 0 Å². The first kappa shape index (κ1) is 13.1. The maximum Gasteiger partial charge on any atom is 0.191 e. The Hall–Kier alpha value is -1.32. The predicted octanol–water partition coefficient (Wildman–Crippen LogP) is 3.03. The summed E-state index contributed by atoms with van der Waals surface area (Å²) < 4.78 is 16.7. The highest BCUT2D eigenvalue weighted by Gasteiger charge is 2.31. The van der Waals surface area contributed by atoms with E-state index in [1.54, 1.807) is 7.11 Å². The van der Waals surface area contributed by atoms with Gasteiger partial charge in [0, 0.05) is 20.1 Å². The summed E-state index contributed by atoms with van der Waals surface area (Å²) in [6, 6.07) is 6.13. The van der Waals surface area contributed by atoms with Gasteiger partial charge in [-0.1, -0.05) is 12.1 Å². The lowest BCUT2D eigenvalue weighted by Gasteiger charge is -2.32. The smallest absolute Gasteiger partial charge is 0.191 e. The van der Waals surface area contributed by atoms with E-state index in [9.17, 15) is 0 Å². The summed E-state index contributed by atoms with van der Waals surface area (Å²) in [6.45, 7) is 5.27. The van der Waals surface area contributed by atoms with Crippen LogP contribution in [0.1, 0.15) is 25.0 Å². The van der Waals surface area contributed by atoms with E-state index in [1.165, 1.54) is 11.1 Å². The van der Waals surface area contributed by atoms with Gasteiger partial charge in [0.2, 0.25) is 0 Å². The maximum absolute atomic E-state index is 5.71. The molecule has 2 rings (SSSR count). The zero-order valence-corrected chi connectivity index (χ0v) is 11.2. The van der Waals surface area contributed by atoms with Crippen molar-refractivity contribution in [3.8, 4) is 5.75 Å². The fourth-order valence-corrected chi connectivity index (χ4v) is 2.23. The minimum Gasteiger partial charge on any atom is -0.494 e. The lowest BCUT2D eigenvalue weighted by atomic mass is 9.93. The monoisotopic (exact) mass is 248 g/mol. The van der Waals surface area contributed by atoms with Gasteiger partial charge in [0.15, 0.2) is 5.79 Å². The molecule has 1 atom stereocenters. The minimum absolute atomic E-state index is 0.616. The third kappa shape index (κ3) is 2.57. The summed E-state index contributed by atoms with van der Waals surface area (Å²) >= 11 is 0. The first-order valence-electron chi connectivity index (χ1n) is 6.37. The van der Waals surface area contributed by atoms with Gasteiger partial charge in [0.1, 0.15) is 5.75 Å². The van der Waals surface area contributed by atoms with Crippen LogP contribution in [0, 0.1) is 0 Å². The van der Waals surface area contributed by atoms with E-state index in [2.05, 4.69) is 12.1 Å². The molecule has 3 heteroatoms. The average molecular weight is 248 g/mol. The molecule has 0 heterocycles. The summed E-state index contributed by atoms with van der Waals surface area (Å²) in [7, 11) is 1.68. The van der Waals surface area contributed by atoms with Gasteiger partial charge in [-0.15, -0.1) is 0 Å². The van der Waals surface area contributed by atoms with E-state index < -0.39 is 5.79 Å². The fraction of sp³-hybridized carbons (Fsp3) is 0.467. The molecule has 0 radical (unpaired) electrons. The van der Waals surface area contributed by atoms with Crippen molar-refractivity contribution in [3.63, 3.8) is 0 Å². The van der Waals surface area contributed by atoms with Crippen molar-refractivity contribution in [2.45, 2.75) is 26.1 Å². The zero-order chi connectivity index (χ0) is 13.0. The Labute approximate surface area is 108 Å². The molecule has 1 aromatic rings. The normalized spacial score (nSPS) is 21.7. The van der Waals surface area contributed by atoms with E-state index in [0.717, 1.165) is 12.2 Å². The van der Waals surface area contributed by atoms with Crippen LogP contribution in [0.25, 0.3) is 6.08 Å². The van der Waals surface area contributed by atoms with Crippen LogP contribution < -0.4 is 4.74 Å². The third-order valence-corrected chi connectivity index (χ3v) is 3.12. The number of ether oxygens (including phenoxy) is 3. The molecule has 0 aromatic heterocycles. The van der Waals surface area contributed by atoms with Gasteiger partial charge < -0.3 is 14.2 Å². The molecule has 0 spiro atoms. The fourth-order valence-electron chi connectivity index (χ4n) is 2.23. The SMILES string of the molecule is CCOc1ccc2c(c1)C=CC(OC)(OCC)C2. The molecule has 1 aliphatic carbocycles. The van der Waals surface area contributed by atoms with Crippen LogP contribution in [-0.4, -0.2) is 26.1 Å². The second-order valence-electron chi connectivity index (χ2n) is 4.25. The molecule has 1 aliphatic rings. The third-order valence-electron chi connectivity index (χ3n) is 3.12. The van der Waals surface area contributed by atoms with Crippen molar-refractivity contribution < 1.29 is 14.2 Å². The topological polar surface area (TPSA) is 27.7 Å². The van der Waals surface area contributed by atoms with E-state index in [4.69, 9.17) is 14.2 Å². The van der Waals surface area contributed by atoms with E-state index in [-0.39, 0.29) is 0 Å². The molecule has 0 N–H and O–H groups in total. The largest absolute Gasteiger partial charge is 0.494 e. The van der Waals surface area contributed by atoms with Gasteiger partial charge >= 0.3 is 0 Å². The van der Waals surface area contributed by atoms with Crippen LogP contribution in [0.4, 0.5) is 0 Å². The average Bonchev–Trinajstić information content (AvgIpc) is 2.40. The Balaban J connectivity index is 2.26. The molecule has 98 valence electrons. The summed E-state index contributed by atoms with van der Waals surface area (Å²) in [6.07, 6.45) is 4.75. The molecule has 0 bridgehead atoms. The second-order valence-corrected chi connectivity index (χ2v) is 4.25. The second kappa shape index (κ2) is 5.55. The zero-order valence-electron chi connectivity index (χ0n) is 11.2. The number of benzene rings is 1. The van der Waals surface area contributed by atoms with E-state index >= 15 is 0 Å². The molecular weight excluding hydrogens is 228 g/mol. The first-order chi connectivity index (χ1) is 8.73. The molecule has 18 heavy (non-hydrogen) atoms. The summed E-state index contributed by atoms with van der Waals surface area (Å²) in [5.41, 5.74) is 2.39. The number of fused-ring (bicyclic) bond motifs is 1. The van der Waals surface area contributed by atoms with Gasteiger partial charge in [0.25, 0.3) is 0 Å². The van der Waals surface area contributed by atoms with Crippen LogP contribution >= 0.6 is 0 Å². The van der Waals surface area contributed by atoms with Crippen molar-refractivity contribution in [1.82, 2.24) is 0 Å². The Bertz CT molecular complexity index is 439. The standard InChI is InChI=1S/C15H20O3/c1-4-17-14-7-6-13-11-15(16-3,18-5-2)9-8-12(13)10-14/h6-10H,4-5,11H2,1-3H3. The van der Waals surface area contributed by atoms with E-state index in [1.807, 2.05) is 32.1 Å². The highest BCUT2D eigenvalue weighted by Crippen LogP contribution is 2.31. The van der Waals surface area contributed by atoms with Crippen LogP contribution in [-0.2, 0) is 15.9 Å². The summed E-state index contributed by atoms with van der Waals surface area (Å²) in [5, 5.41) is 0. The highest BCUT2D eigenvalue weighted by molar-refractivity contribution is 5.60. The van der Waals surface area contributed by atoms with Gasteiger partial charge in [-0.2, -0.15) is 0 Å². The van der Waals surface area contributed by atoms with Gasteiger partial charge in [-0.3, -0.25) is 0 Å². The van der Waals surface area contributed by atoms with Crippen molar-refractivity contribution in [3.05, 3.63) is 35.4 Å². The van der Waals surface area contributed by atoms with Crippen LogP contribution in [0.5, 0.6) is 5.75 Å². The lowest BCUT2D eigenvalue weighted by Crippen LogP contribution is -2.37. The Kier molecular flexibility index (Phi) is 4.04. The maximum atomic E-state index is 5.71. The molecule has 0 amide bonds. The van der Waals surface area contributed by atoms with Crippen molar-refractivity contribution in [2.75, 3.05) is 20.3 Å². The summed E-state index contributed by atoms with van der Waals surface area (Å²) in [4.78, 5) is 0. The molecule has 0 saturated heterocycles. The minimum atomic E-state index is -0.616. The summed E-state index contributed by atoms with van der Waals surface area (Å²) in [5.74, 6) is 0.289. The quantitative estimate of drug-likeness (QED) is 0.750. The van der Waals surface area contributed by atoms with Gasteiger partial charge in [0.05, 0.1) is 6.61 Å². The van der Waals surface area contributed by atoms with Crippen LogP contribution in [0.3, 0.4) is 0 Å². The molecule has 0 saturated carbocycles. The highest BCUT2D eigenvalue weighted by atomic mass is 16.7. The molecule has 0 aliphatic heterocycles. The number of hydrogen-bond donors (Lipinski definition) is 0. The Morgan fingerprint density at radius 3 is 2.72 bits per heavy atom. The molecule has 0 fully saturated rings.